The molecule has 186 valence electrons. The van der Waals surface area contributed by atoms with Crippen LogP contribution in [0.1, 0.15) is 27.0 Å². The number of para-hydroxylation sites is 1. The van der Waals surface area contributed by atoms with Gasteiger partial charge < -0.3 is 9.30 Å². The molecular weight excluding hydrogens is 494 g/mol. The largest absolute Gasteiger partial charge is 0.383 e. The Morgan fingerprint density at radius 2 is 1.83 bits per heavy atom. The molecule has 0 radical (unpaired) electrons. The van der Waals surface area contributed by atoms with E-state index in [1.165, 1.54) is 39.9 Å². The molecule has 1 amide bonds. The van der Waals surface area contributed by atoms with Crippen LogP contribution in [0.5, 0.6) is 0 Å². The molecule has 0 bridgehead atoms. The fourth-order valence-electron chi connectivity index (χ4n) is 4.67. The van der Waals surface area contributed by atoms with Crippen molar-refractivity contribution in [2.75, 3.05) is 24.6 Å². The van der Waals surface area contributed by atoms with Gasteiger partial charge in [0.25, 0.3) is 15.9 Å². The van der Waals surface area contributed by atoms with Crippen LogP contribution in [0, 0.1) is 13.8 Å². The first-order valence-corrected chi connectivity index (χ1v) is 13.9. The van der Waals surface area contributed by atoms with Gasteiger partial charge in [-0.25, -0.2) is 8.42 Å². The number of benzene rings is 3. The summed E-state index contributed by atoms with van der Waals surface area (Å²) in [5.74, 6) is -0.419. The predicted octanol–water partition coefficient (Wildman–Crippen LogP) is 4.46. The maximum atomic E-state index is 13.3. The number of anilines is 1. The van der Waals surface area contributed by atoms with Gasteiger partial charge in [0.2, 0.25) is 0 Å². The molecule has 0 saturated heterocycles. The lowest BCUT2D eigenvalue weighted by molar-refractivity contribution is 0.0997. The van der Waals surface area contributed by atoms with E-state index in [1.54, 1.807) is 7.11 Å². The topological polar surface area (TPSA) is 81.0 Å². The molecule has 5 rings (SSSR count). The zero-order valence-electron chi connectivity index (χ0n) is 20.4. The number of hydrogen-bond donors (Lipinski definition) is 0. The maximum absolute atomic E-state index is 13.3. The Kier molecular flexibility index (Phi) is 6.55. The summed E-state index contributed by atoms with van der Waals surface area (Å²) in [6.45, 7) is 5.57. The molecule has 1 aliphatic rings. The first kappa shape index (κ1) is 24.4. The van der Waals surface area contributed by atoms with Gasteiger partial charge in [-0.3, -0.25) is 9.10 Å². The van der Waals surface area contributed by atoms with E-state index >= 15 is 0 Å². The zero-order chi connectivity index (χ0) is 25.4. The normalized spacial score (nSPS) is 14.0. The van der Waals surface area contributed by atoms with E-state index < -0.39 is 15.9 Å². The van der Waals surface area contributed by atoms with Gasteiger partial charge in [0, 0.05) is 25.8 Å². The maximum Gasteiger partial charge on any atom is 0.279 e. The smallest absolute Gasteiger partial charge is 0.279 e. The highest BCUT2D eigenvalue weighted by Crippen LogP contribution is 2.32. The number of fused-ring (bicyclic) bond motifs is 2. The van der Waals surface area contributed by atoms with Crippen LogP contribution in [0.25, 0.3) is 10.2 Å². The van der Waals surface area contributed by atoms with Crippen LogP contribution in [0.4, 0.5) is 5.69 Å². The quantitative estimate of drug-likeness (QED) is 0.375. The number of nitrogens with zero attached hydrogens (tertiary/aromatic N) is 3. The van der Waals surface area contributed by atoms with Gasteiger partial charge in [0.1, 0.15) is 0 Å². The van der Waals surface area contributed by atoms with E-state index in [1.807, 2.05) is 35.8 Å². The highest BCUT2D eigenvalue weighted by Gasteiger charge is 2.30. The first-order valence-electron chi connectivity index (χ1n) is 11.7. The van der Waals surface area contributed by atoms with Gasteiger partial charge in [-0.2, -0.15) is 4.99 Å². The Morgan fingerprint density at radius 3 is 2.58 bits per heavy atom. The monoisotopic (exact) mass is 521 g/mol. The molecule has 1 aromatic heterocycles. The van der Waals surface area contributed by atoms with Crippen molar-refractivity contribution in [2.45, 2.75) is 31.7 Å². The van der Waals surface area contributed by atoms with Crippen molar-refractivity contribution in [2.24, 2.45) is 4.99 Å². The van der Waals surface area contributed by atoms with Crippen LogP contribution in [-0.2, 0) is 27.7 Å². The van der Waals surface area contributed by atoms with Crippen LogP contribution in [0.2, 0.25) is 0 Å². The standard InChI is InChI=1S/C27H27N3O4S2/c1-18-16-19(2)25-24(17-18)35-27(29(25)14-15-34-3)28-26(31)21-8-10-22(11-9-21)36(32,33)30-13-12-20-6-4-5-7-23(20)30/h4-11,16-17H,12-15H2,1-3H3. The van der Waals surface area contributed by atoms with E-state index in [2.05, 4.69) is 24.0 Å². The van der Waals surface area contributed by atoms with Crippen LogP contribution >= 0.6 is 11.3 Å². The van der Waals surface area contributed by atoms with Crippen LogP contribution in [0.15, 0.2) is 70.6 Å². The summed E-state index contributed by atoms with van der Waals surface area (Å²) in [4.78, 5) is 18.2. The third-order valence-corrected chi connectivity index (χ3v) is 9.21. The number of ether oxygens (including phenoxy) is 1. The van der Waals surface area contributed by atoms with Crippen molar-refractivity contribution in [3.63, 3.8) is 0 Å². The van der Waals surface area contributed by atoms with Crippen molar-refractivity contribution in [3.05, 3.63) is 87.7 Å². The molecule has 1 aliphatic heterocycles. The van der Waals surface area contributed by atoms with E-state index in [0.29, 0.717) is 42.2 Å². The van der Waals surface area contributed by atoms with Gasteiger partial charge in [0.05, 0.1) is 27.4 Å². The molecule has 0 atom stereocenters. The second kappa shape index (κ2) is 9.65. The number of carbonyl (C=O) groups is 1. The highest BCUT2D eigenvalue weighted by molar-refractivity contribution is 7.92. The first-order chi connectivity index (χ1) is 17.3. The lowest BCUT2D eigenvalue weighted by Crippen LogP contribution is -2.29. The predicted molar refractivity (Wildman–Crippen MR) is 142 cm³/mol. The van der Waals surface area contributed by atoms with Crippen LogP contribution in [-0.4, -0.2) is 39.2 Å². The molecular formula is C27H27N3O4S2. The number of rotatable bonds is 6. The molecule has 0 fully saturated rings. The number of aryl methyl sites for hydroxylation is 2. The number of methoxy groups -OCH3 is 1. The average molecular weight is 522 g/mol. The number of aromatic nitrogens is 1. The molecule has 3 aromatic carbocycles. The molecule has 0 unspecified atom stereocenters. The number of thiazole rings is 1. The highest BCUT2D eigenvalue weighted by atomic mass is 32.2. The van der Waals surface area contributed by atoms with E-state index in [0.717, 1.165) is 26.9 Å². The lowest BCUT2D eigenvalue weighted by Gasteiger charge is -2.19. The zero-order valence-corrected chi connectivity index (χ0v) is 22.0. The van der Waals surface area contributed by atoms with Gasteiger partial charge in [-0.05, 0) is 73.4 Å². The summed E-state index contributed by atoms with van der Waals surface area (Å²) < 4.78 is 36.3. The summed E-state index contributed by atoms with van der Waals surface area (Å²) in [6.07, 6.45) is 0.683. The van der Waals surface area contributed by atoms with Crippen LogP contribution < -0.4 is 9.11 Å². The Hall–Kier alpha value is -3.27. The number of amides is 1. The van der Waals surface area contributed by atoms with E-state index in [-0.39, 0.29) is 4.90 Å². The second-order valence-corrected chi connectivity index (χ2v) is 11.7. The van der Waals surface area contributed by atoms with Gasteiger partial charge in [0.15, 0.2) is 4.80 Å². The Morgan fingerprint density at radius 1 is 1.08 bits per heavy atom. The van der Waals surface area contributed by atoms with Crippen molar-refractivity contribution in [1.82, 2.24) is 4.57 Å². The molecule has 0 spiro atoms. The molecule has 2 heterocycles. The number of carbonyl (C=O) groups excluding carboxylic acids is 1. The summed E-state index contributed by atoms with van der Waals surface area (Å²) in [6, 6.07) is 17.8. The summed E-state index contributed by atoms with van der Waals surface area (Å²) >= 11 is 1.46. The molecule has 0 saturated carbocycles. The van der Waals surface area contributed by atoms with Gasteiger partial charge in [-0.1, -0.05) is 35.6 Å². The molecule has 4 aromatic rings. The third kappa shape index (κ3) is 4.38. The molecule has 0 N–H and O–H groups in total. The van der Waals surface area contributed by atoms with Crippen molar-refractivity contribution in [3.8, 4) is 0 Å². The average Bonchev–Trinajstić information content (AvgIpc) is 3.44. The van der Waals surface area contributed by atoms with Crippen molar-refractivity contribution in [1.29, 1.82) is 0 Å². The Bertz CT molecular complexity index is 1630. The SMILES string of the molecule is COCCn1c(=NC(=O)c2ccc(S(=O)(=O)N3CCc4ccccc43)cc2)sc2cc(C)cc(C)c21. The Labute approximate surface area is 214 Å². The molecule has 7 nitrogen and oxygen atoms in total. The fraction of sp³-hybridized carbons (Fsp3) is 0.259. The fourth-order valence-corrected chi connectivity index (χ4v) is 7.41. The van der Waals surface area contributed by atoms with Crippen molar-refractivity contribution < 1.29 is 17.9 Å². The van der Waals surface area contributed by atoms with E-state index in [9.17, 15) is 13.2 Å². The lowest BCUT2D eigenvalue weighted by atomic mass is 10.1. The Balaban J connectivity index is 1.47. The molecule has 0 aliphatic carbocycles. The second-order valence-electron chi connectivity index (χ2n) is 8.85. The minimum absolute atomic E-state index is 0.152. The molecule has 36 heavy (non-hydrogen) atoms. The summed E-state index contributed by atoms with van der Waals surface area (Å²) in [5.41, 5.74) is 5.37. The van der Waals surface area contributed by atoms with Gasteiger partial charge in [-0.15, -0.1) is 0 Å². The molecule has 9 heteroatoms. The van der Waals surface area contributed by atoms with E-state index in [4.69, 9.17) is 4.74 Å². The summed E-state index contributed by atoms with van der Waals surface area (Å²) in [5, 5.41) is 0. The third-order valence-electron chi connectivity index (χ3n) is 6.36. The number of sulfonamides is 1. The summed E-state index contributed by atoms with van der Waals surface area (Å²) in [7, 11) is -2.08. The van der Waals surface area contributed by atoms with Crippen LogP contribution in [0.3, 0.4) is 0 Å². The minimum atomic E-state index is -3.72. The van der Waals surface area contributed by atoms with Crippen molar-refractivity contribution >= 4 is 43.2 Å². The minimum Gasteiger partial charge on any atom is -0.383 e. The number of hydrogen-bond acceptors (Lipinski definition) is 5. The van der Waals surface area contributed by atoms with Gasteiger partial charge >= 0.3 is 0 Å².